The summed E-state index contributed by atoms with van der Waals surface area (Å²) >= 11 is 10.4. The molecule has 26 heavy (non-hydrogen) atoms. The van der Waals surface area contributed by atoms with Crippen molar-refractivity contribution in [2.24, 2.45) is 0 Å². The fourth-order valence-corrected chi connectivity index (χ4v) is 4.72. The quantitative estimate of drug-likeness (QED) is 0.397. The number of hydrogen-bond donors (Lipinski definition) is 1. The van der Waals surface area contributed by atoms with Crippen LogP contribution in [0.5, 0.6) is 0 Å². The lowest BCUT2D eigenvalue weighted by Crippen LogP contribution is -2.22. The van der Waals surface area contributed by atoms with Gasteiger partial charge in [0.2, 0.25) is 11.0 Å². The Bertz CT molecular complexity index is 856. The molecule has 0 saturated carbocycles. The van der Waals surface area contributed by atoms with Crippen LogP contribution in [0.4, 0.5) is 5.13 Å². The van der Waals surface area contributed by atoms with Crippen molar-refractivity contribution in [3.8, 4) is 0 Å². The molecule has 0 aliphatic rings. The number of nitrogens with one attached hydrogen (secondary N) is 1. The average Bonchev–Trinajstić information content (AvgIpc) is 3.10. The van der Waals surface area contributed by atoms with E-state index in [2.05, 4.69) is 27.6 Å². The summed E-state index contributed by atoms with van der Waals surface area (Å²) in [4.78, 5) is 13.3. The average molecular weight is 422 g/mol. The van der Waals surface area contributed by atoms with Gasteiger partial charge in [0.1, 0.15) is 0 Å². The second-order valence-electron chi connectivity index (χ2n) is 5.35. The molecule has 1 atom stereocenters. The van der Waals surface area contributed by atoms with Crippen LogP contribution in [0.2, 0.25) is 5.02 Å². The molecule has 3 aromatic rings. The molecule has 134 valence electrons. The molecule has 0 aliphatic heterocycles. The van der Waals surface area contributed by atoms with Gasteiger partial charge in [-0.15, -0.1) is 22.0 Å². The van der Waals surface area contributed by atoms with Gasteiger partial charge >= 0.3 is 0 Å². The highest BCUT2D eigenvalue weighted by Gasteiger charge is 2.16. The minimum Gasteiger partial charge on any atom is -0.300 e. The smallest absolute Gasteiger partial charge is 0.239 e. The van der Waals surface area contributed by atoms with Gasteiger partial charge in [-0.05, 0) is 36.8 Å². The summed E-state index contributed by atoms with van der Waals surface area (Å²) in [6, 6.07) is 17.6. The van der Waals surface area contributed by atoms with Crippen LogP contribution >= 0.6 is 46.5 Å². The van der Waals surface area contributed by atoms with Crippen LogP contribution in [0.1, 0.15) is 12.5 Å². The lowest BCUT2D eigenvalue weighted by Gasteiger charge is -2.10. The summed E-state index contributed by atoms with van der Waals surface area (Å²) in [5.74, 6) is 0.729. The lowest BCUT2D eigenvalue weighted by atomic mass is 10.2. The third-order valence-corrected chi connectivity index (χ3v) is 6.74. The van der Waals surface area contributed by atoms with E-state index in [0.29, 0.717) is 10.2 Å². The number of benzene rings is 2. The monoisotopic (exact) mass is 421 g/mol. The van der Waals surface area contributed by atoms with Crippen molar-refractivity contribution in [2.75, 3.05) is 5.32 Å². The molecular formula is C18H16ClN3OS3. The fraction of sp³-hybridized carbons (Fsp3) is 0.167. The number of nitrogens with zero attached hydrogens (tertiary/aromatic N) is 2. The summed E-state index contributed by atoms with van der Waals surface area (Å²) in [5, 5.41) is 12.0. The highest BCUT2D eigenvalue weighted by Crippen LogP contribution is 2.29. The predicted octanol–water partition coefficient (Wildman–Crippen LogP) is 5.60. The number of carbonyl (C=O) groups is 1. The molecule has 0 unspecified atom stereocenters. The number of rotatable bonds is 7. The van der Waals surface area contributed by atoms with E-state index < -0.39 is 0 Å². The number of thioether (sulfide) groups is 2. The van der Waals surface area contributed by atoms with Crippen molar-refractivity contribution in [1.82, 2.24) is 10.2 Å². The number of amides is 1. The van der Waals surface area contributed by atoms with E-state index in [1.54, 1.807) is 11.8 Å². The van der Waals surface area contributed by atoms with Crippen LogP contribution < -0.4 is 5.32 Å². The largest absolute Gasteiger partial charge is 0.300 e. The van der Waals surface area contributed by atoms with Crippen LogP contribution in [0.25, 0.3) is 0 Å². The Morgan fingerprint density at radius 2 is 1.88 bits per heavy atom. The standard InChI is InChI=1S/C18H16ClN3OS3/c1-12(25-15-9-7-14(19)8-10-15)16(23)20-17-21-22-18(26-17)24-11-13-5-3-2-4-6-13/h2-10,12H,11H2,1H3,(H,20,21,23)/t12-/m1/s1. The lowest BCUT2D eigenvalue weighted by molar-refractivity contribution is -0.115. The zero-order valence-corrected chi connectivity index (χ0v) is 17.1. The highest BCUT2D eigenvalue weighted by molar-refractivity contribution is 8.00. The van der Waals surface area contributed by atoms with Crippen molar-refractivity contribution < 1.29 is 4.79 Å². The second kappa shape index (κ2) is 9.41. The molecule has 0 fully saturated rings. The van der Waals surface area contributed by atoms with Gasteiger partial charge in [0.05, 0.1) is 5.25 Å². The minimum atomic E-state index is -0.250. The molecule has 3 rings (SSSR count). The van der Waals surface area contributed by atoms with E-state index in [1.807, 2.05) is 49.4 Å². The molecule has 8 heteroatoms. The zero-order chi connectivity index (χ0) is 18.4. The maximum Gasteiger partial charge on any atom is 0.239 e. The molecule has 1 heterocycles. The van der Waals surface area contributed by atoms with Crippen molar-refractivity contribution in [3.05, 3.63) is 65.2 Å². The summed E-state index contributed by atoms with van der Waals surface area (Å²) in [5.41, 5.74) is 1.23. The second-order valence-corrected chi connectivity index (χ2v) is 9.40. The van der Waals surface area contributed by atoms with Gasteiger partial charge in [-0.2, -0.15) is 0 Å². The number of halogens is 1. The number of carbonyl (C=O) groups excluding carboxylic acids is 1. The Labute approximate surface area is 169 Å². The van der Waals surface area contributed by atoms with E-state index in [1.165, 1.54) is 28.7 Å². The van der Waals surface area contributed by atoms with E-state index in [0.717, 1.165) is 15.0 Å². The maximum absolute atomic E-state index is 12.3. The summed E-state index contributed by atoms with van der Waals surface area (Å²) < 4.78 is 0.835. The first-order valence-electron chi connectivity index (χ1n) is 7.83. The van der Waals surface area contributed by atoms with Gasteiger partial charge in [0.25, 0.3) is 0 Å². The minimum absolute atomic E-state index is 0.0966. The van der Waals surface area contributed by atoms with E-state index in [-0.39, 0.29) is 11.2 Å². The molecule has 0 bridgehead atoms. The molecule has 2 aromatic carbocycles. The Kier molecular flexibility index (Phi) is 6.96. The molecule has 1 N–H and O–H groups in total. The zero-order valence-electron chi connectivity index (χ0n) is 13.9. The van der Waals surface area contributed by atoms with Crippen LogP contribution in [0.15, 0.2) is 63.8 Å². The molecule has 0 radical (unpaired) electrons. The van der Waals surface area contributed by atoms with Gasteiger partial charge in [0, 0.05) is 15.7 Å². The SMILES string of the molecule is C[C@@H](Sc1ccc(Cl)cc1)C(=O)Nc1nnc(SCc2ccccc2)s1. The van der Waals surface area contributed by atoms with Gasteiger partial charge in [-0.1, -0.05) is 65.0 Å². The molecule has 1 amide bonds. The third-order valence-electron chi connectivity index (χ3n) is 3.34. The van der Waals surface area contributed by atoms with Crippen LogP contribution in [0.3, 0.4) is 0 Å². The van der Waals surface area contributed by atoms with E-state index >= 15 is 0 Å². The van der Waals surface area contributed by atoms with E-state index in [4.69, 9.17) is 11.6 Å². The van der Waals surface area contributed by atoms with Crippen molar-refractivity contribution in [1.29, 1.82) is 0 Å². The Morgan fingerprint density at radius 1 is 1.15 bits per heavy atom. The highest BCUT2D eigenvalue weighted by atomic mass is 35.5. The van der Waals surface area contributed by atoms with Gasteiger partial charge in [-0.3, -0.25) is 10.1 Å². The number of anilines is 1. The van der Waals surface area contributed by atoms with Gasteiger partial charge in [0.15, 0.2) is 4.34 Å². The fourth-order valence-electron chi connectivity index (χ4n) is 2.02. The Hall–Kier alpha value is -1.54. The number of aromatic nitrogens is 2. The van der Waals surface area contributed by atoms with Crippen molar-refractivity contribution >= 4 is 57.5 Å². The van der Waals surface area contributed by atoms with Gasteiger partial charge in [-0.25, -0.2) is 0 Å². The third kappa shape index (κ3) is 5.74. The molecular weight excluding hydrogens is 406 g/mol. The first-order chi connectivity index (χ1) is 12.6. The van der Waals surface area contributed by atoms with Crippen molar-refractivity contribution in [3.63, 3.8) is 0 Å². The first-order valence-corrected chi connectivity index (χ1v) is 10.9. The normalized spacial score (nSPS) is 11.9. The first kappa shape index (κ1) is 19.2. The molecule has 0 saturated heterocycles. The maximum atomic E-state index is 12.3. The van der Waals surface area contributed by atoms with Crippen molar-refractivity contribution in [2.45, 2.75) is 27.2 Å². The van der Waals surface area contributed by atoms with Crippen LogP contribution in [-0.2, 0) is 10.5 Å². The molecule has 4 nitrogen and oxygen atoms in total. The predicted molar refractivity (Wildman–Crippen MR) is 111 cm³/mol. The van der Waals surface area contributed by atoms with Crippen LogP contribution in [0, 0.1) is 0 Å². The summed E-state index contributed by atoms with van der Waals surface area (Å²) in [6.07, 6.45) is 0. The molecule has 0 aliphatic carbocycles. The topological polar surface area (TPSA) is 54.9 Å². The molecule has 1 aromatic heterocycles. The Morgan fingerprint density at radius 3 is 2.62 bits per heavy atom. The Balaban J connectivity index is 1.51. The van der Waals surface area contributed by atoms with Crippen LogP contribution in [-0.4, -0.2) is 21.4 Å². The molecule has 0 spiro atoms. The summed E-state index contributed by atoms with van der Waals surface area (Å²) in [7, 11) is 0. The van der Waals surface area contributed by atoms with Gasteiger partial charge < -0.3 is 0 Å². The number of hydrogen-bond acceptors (Lipinski definition) is 6. The van der Waals surface area contributed by atoms with E-state index in [9.17, 15) is 4.79 Å². The summed E-state index contributed by atoms with van der Waals surface area (Å²) in [6.45, 7) is 1.86.